The lowest BCUT2D eigenvalue weighted by atomic mass is 9.57. The van der Waals surface area contributed by atoms with Gasteiger partial charge in [0.05, 0.1) is 23.6 Å². The minimum Gasteiger partial charge on any atom is -0.497 e. The van der Waals surface area contributed by atoms with Crippen LogP contribution in [0.2, 0.25) is 10.0 Å². The summed E-state index contributed by atoms with van der Waals surface area (Å²) in [6.07, 6.45) is 3.95. The summed E-state index contributed by atoms with van der Waals surface area (Å²) in [5.41, 5.74) is 1.65. The summed E-state index contributed by atoms with van der Waals surface area (Å²) in [6, 6.07) is 13.2. The first-order chi connectivity index (χ1) is 17.7. The minimum atomic E-state index is -0.333. The van der Waals surface area contributed by atoms with Crippen LogP contribution in [0.25, 0.3) is 0 Å². The maximum Gasteiger partial charge on any atom is 0.302 e. The van der Waals surface area contributed by atoms with Crippen molar-refractivity contribution in [1.82, 2.24) is 10.2 Å². The van der Waals surface area contributed by atoms with E-state index >= 15 is 0 Å². The van der Waals surface area contributed by atoms with E-state index in [-0.39, 0.29) is 41.8 Å². The molecule has 0 radical (unpaired) electrons. The molecule has 2 aromatic rings. The zero-order valence-corrected chi connectivity index (χ0v) is 22.9. The molecule has 4 atom stereocenters. The molecule has 1 amide bonds. The number of ether oxygens (including phenoxy) is 2. The van der Waals surface area contributed by atoms with Gasteiger partial charge in [0.2, 0.25) is 5.91 Å². The third-order valence-electron chi connectivity index (χ3n) is 7.68. The van der Waals surface area contributed by atoms with E-state index in [1.807, 2.05) is 18.2 Å². The zero-order chi connectivity index (χ0) is 26.6. The highest BCUT2D eigenvalue weighted by molar-refractivity contribution is 6.42. The van der Waals surface area contributed by atoms with Crippen molar-refractivity contribution in [2.75, 3.05) is 26.7 Å². The number of nitrogens with one attached hydrogen (secondary N) is 1. The van der Waals surface area contributed by atoms with Crippen LogP contribution in [0.5, 0.6) is 5.75 Å². The number of amides is 1. The molecule has 8 heteroatoms. The van der Waals surface area contributed by atoms with Gasteiger partial charge in [0, 0.05) is 43.8 Å². The number of halogens is 2. The molecule has 2 aliphatic rings. The van der Waals surface area contributed by atoms with E-state index in [4.69, 9.17) is 32.7 Å². The number of methoxy groups -OCH3 is 1. The highest BCUT2D eigenvalue weighted by Crippen LogP contribution is 2.50. The summed E-state index contributed by atoms with van der Waals surface area (Å²) in [6.45, 7) is 7.80. The zero-order valence-electron chi connectivity index (χ0n) is 21.3. The van der Waals surface area contributed by atoms with Gasteiger partial charge in [-0.05, 0) is 54.8 Å². The van der Waals surface area contributed by atoms with Crippen molar-refractivity contribution in [3.05, 3.63) is 76.3 Å². The number of hydrogen-bond donors (Lipinski definition) is 1. The Morgan fingerprint density at radius 1 is 1.22 bits per heavy atom. The normalized spacial score (nSPS) is 25.6. The van der Waals surface area contributed by atoms with Crippen LogP contribution in [0.3, 0.4) is 0 Å². The molecule has 1 N–H and O–H groups in total. The number of likely N-dealkylation sites (tertiary alicyclic amines) is 1. The molecule has 1 saturated carbocycles. The van der Waals surface area contributed by atoms with Crippen LogP contribution in [0.1, 0.15) is 37.3 Å². The number of hydrogen-bond acceptors (Lipinski definition) is 5. The Hall–Kier alpha value is -2.54. The highest BCUT2D eigenvalue weighted by Gasteiger charge is 2.53. The van der Waals surface area contributed by atoms with Crippen LogP contribution in [0.15, 0.2) is 55.1 Å². The Morgan fingerprint density at radius 3 is 2.73 bits per heavy atom. The molecule has 0 spiro atoms. The fourth-order valence-corrected chi connectivity index (χ4v) is 6.43. The molecule has 1 unspecified atom stereocenters. The van der Waals surface area contributed by atoms with Gasteiger partial charge in [0.15, 0.2) is 0 Å². The van der Waals surface area contributed by atoms with Gasteiger partial charge in [0.1, 0.15) is 11.9 Å². The predicted molar refractivity (Wildman–Crippen MR) is 146 cm³/mol. The summed E-state index contributed by atoms with van der Waals surface area (Å²) >= 11 is 12.2. The third-order valence-corrected chi connectivity index (χ3v) is 8.42. The molecule has 0 aromatic heterocycles. The number of nitrogens with zero attached hydrogens (tertiary/aromatic N) is 1. The molecule has 1 heterocycles. The van der Waals surface area contributed by atoms with Crippen LogP contribution in [0.4, 0.5) is 0 Å². The monoisotopic (exact) mass is 544 g/mol. The topological polar surface area (TPSA) is 67.9 Å². The first-order valence-corrected chi connectivity index (χ1v) is 13.4. The second-order valence-corrected chi connectivity index (χ2v) is 10.9. The van der Waals surface area contributed by atoms with Crippen molar-refractivity contribution in [3.63, 3.8) is 0 Å². The summed E-state index contributed by atoms with van der Waals surface area (Å²) in [4.78, 5) is 27.6. The second kappa shape index (κ2) is 11.9. The lowest BCUT2D eigenvalue weighted by Gasteiger charge is -2.55. The van der Waals surface area contributed by atoms with E-state index in [0.29, 0.717) is 16.5 Å². The number of benzene rings is 2. The fourth-order valence-electron chi connectivity index (χ4n) is 6.11. The van der Waals surface area contributed by atoms with Gasteiger partial charge in [-0.3, -0.25) is 14.5 Å². The number of fused-ring (bicyclic) bond motifs is 1. The maximum absolute atomic E-state index is 13.1. The van der Waals surface area contributed by atoms with Gasteiger partial charge >= 0.3 is 5.97 Å². The van der Waals surface area contributed by atoms with Gasteiger partial charge in [0.25, 0.3) is 0 Å². The van der Waals surface area contributed by atoms with Gasteiger partial charge in [-0.2, -0.15) is 0 Å². The van der Waals surface area contributed by atoms with Crippen LogP contribution in [-0.2, 0) is 26.2 Å². The first-order valence-electron chi connectivity index (χ1n) is 12.6. The molecule has 37 heavy (non-hydrogen) atoms. The van der Waals surface area contributed by atoms with Crippen molar-refractivity contribution in [1.29, 1.82) is 0 Å². The Labute approximate surface area is 228 Å². The van der Waals surface area contributed by atoms with Crippen molar-refractivity contribution < 1.29 is 19.1 Å². The van der Waals surface area contributed by atoms with E-state index in [0.717, 1.165) is 49.4 Å². The average Bonchev–Trinajstić information content (AvgIpc) is 2.86. The summed E-state index contributed by atoms with van der Waals surface area (Å²) in [5.74, 6) is 0.441. The molecule has 198 valence electrons. The van der Waals surface area contributed by atoms with E-state index in [1.54, 1.807) is 25.3 Å². The smallest absolute Gasteiger partial charge is 0.302 e. The van der Waals surface area contributed by atoms with Crippen LogP contribution in [0, 0.1) is 5.92 Å². The number of piperidine rings is 1. The van der Waals surface area contributed by atoms with Gasteiger partial charge < -0.3 is 14.8 Å². The average molecular weight is 546 g/mol. The molecule has 4 rings (SSSR count). The predicted octanol–water partition coefficient (Wildman–Crippen LogP) is 5.20. The van der Waals surface area contributed by atoms with Crippen LogP contribution in [-0.4, -0.2) is 55.7 Å². The molecule has 2 fully saturated rings. The lowest BCUT2D eigenvalue weighted by molar-refractivity contribution is -0.157. The number of esters is 1. The van der Waals surface area contributed by atoms with Crippen molar-refractivity contribution in [2.24, 2.45) is 5.92 Å². The van der Waals surface area contributed by atoms with Gasteiger partial charge in [-0.15, -0.1) is 6.58 Å². The second-order valence-electron chi connectivity index (χ2n) is 10.1. The Kier molecular flexibility index (Phi) is 8.83. The number of carbonyl (C=O) groups excluding carboxylic acids is 2. The highest BCUT2D eigenvalue weighted by atomic mass is 35.5. The fraction of sp³-hybridized carbons (Fsp3) is 0.448. The van der Waals surface area contributed by atoms with Crippen molar-refractivity contribution >= 4 is 35.1 Å². The Morgan fingerprint density at radius 2 is 2.03 bits per heavy atom. The molecule has 1 aliphatic carbocycles. The largest absolute Gasteiger partial charge is 0.497 e. The molecule has 6 nitrogen and oxygen atoms in total. The van der Waals surface area contributed by atoms with Crippen LogP contribution >= 0.6 is 23.2 Å². The van der Waals surface area contributed by atoms with Crippen molar-refractivity contribution in [3.8, 4) is 5.75 Å². The van der Waals surface area contributed by atoms with E-state index in [1.165, 1.54) is 6.92 Å². The summed E-state index contributed by atoms with van der Waals surface area (Å²) in [5, 5.41) is 4.11. The number of carbonyl (C=O) groups is 2. The minimum absolute atomic E-state index is 0.0698. The molecular weight excluding hydrogens is 511 g/mol. The lowest BCUT2D eigenvalue weighted by Crippen LogP contribution is -2.61. The summed E-state index contributed by atoms with van der Waals surface area (Å²) in [7, 11) is 1.66. The third kappa shape index (κ3) is 6.31. The van der Waals surface area contributed by atoms with E-state index in [9.17, 15) is 9.59 Å². The Balaban J connectivity index is 1.64. The van der Waals surface area contributed by atoms with Gasteiger partial charge in [-0.25, -0.2) is 0 Å². The molecule has 1 aliphatic heterocycles. The van der Waals surface area contributed by atoms with E-state index in [2.05, 4.69) is 28.9 Å². The summed E-state index contributed by atoms with van der Waals surface area (Å²) < 4.78 is 11.5. The molecule has 0 bridgehead atoms. The quantitative estimate of drug-likeness (QED) is 0.365. The first kappa shape index (κ1) is 27.5. The molecule has 1 saturated heterocycles. The Bertz CT molecular complexity index is 1160. The van der Waals surface area contributed by atoms with Crippen molar-refractivity contribution in [2.45, 2.75) is 50.2 Å². The van der Waals surface area contributed by atoms with Crippen LogP contribution < -0.4 is 10.1 Å². The molecule has 2 aromatic carbocycles. The van der Waals surface area contributed by atoms with Gasteiger partial charge in [-0.1, -0.05) is 47.5 Å². The van der Waals surface area contributed by atoms with E-state index < -0.39 is 0 Å². The SMILES string of the molecule is C=CCN1CC[C@@]2(c3cccc(OC)c3)C[C@@H](NC(=O)Cc3ccc(Cl)c(Cl)c3)CC(OC(C)=O)[C@@H]2C1. The molecular formula is C29H34Cl2N2O4. The number of rotatable bonds is 8. The standard InChI is InChI=1S/C29H34Cl2N2O4/c1-4-11-33-12-10-29(21-6-5-7-23(15-21)36-3)17-22(16-27(24(29)18-33)37-19(2)34)32-28(35)14-20-8-9-25(30)26(31)13-20/h4-9,13,15,22,24,27H,1,10-12,14,16-18H2,2-3H3,(H,32,35)/t22-,24-,27?,29-/m0/s1. The maximum atomic E-state index is 13.1.